The molecule has 1 N–H and O–H groups in total. The molecule has 31 heavy (non-hydrogen) atoms. The summed E-state index contributed by atoms with van der Waals surface area (Å²) in [5, 5.41) is 3.54. The Hall–Kier alpha value is -3.32. The van der Waals surface area contributed by atoms with Gasteiger partial charge < -0.3 is 5.32 Å². The van der Waals surface area contributed by atoms with Gasteiger partial charge in [0.25, 0.3) is 0 Å². The van der Waals surface area contributed by atoms with Crippen LogP contribution in [0.5, 0.6) is 0 Å². The average Bonchev–Trinajstić information content (AvgIpc) is 2.80. The molecule has 0 aliphatic carbocycles. The van der Waals surface area contributed by atoms with Crippen LogP contribution in [0.4, 0.5) is 11.4 Å². The minimum atomic E-state index is 0.508. The van der Waals surface area contributed by atoms with E-state index in [0.29, 0.717) is 11.8 Å². The van der Waals surface area contributed by atoms with Crippen molar-refractivity contribution in [1.29, 1.82) is 0 Å². The SMILES string of the molecule is CC(C)c1ccccc1-c1ccc(Nc2ccc(-c3ccccc3C(C)C)cc2)cc1. The van der Waals surface area contributed by atoms with Crippen LogP contribution in [-0.2, 0) is 0 Å². The van der Waals surface area contributed by atoms with Crippen molar-refractivity contribution in [3.8, 4) is 22.3 Å². The van der Waals surface area contributed by atoms with E-state index >= 15 is 0 Å². The summed E-state index contributed by atoms with van der Waals surface area (Å²) in [5.74, 6) is 1.02. The highest BCUT2D eigenvalue weighted by molar-refractivity contribution is 5.73. The zero-order chi connectivity index (χ0) is 21.8. The summed E-state index contributed by atoms with van der Waals surface area (Å²) in [5.41, 5.74) is 10.1. The van der Waals surface area contributed by atoms with Crippen molar-refractivity contribution < 1.29 is 0 Å². The van der Waals surface area contributed by atoms with Gasteiger partial charge >= 0.3 is 0 Å². The minimum absolute atomic E-state index is 0.508. The molecule has 0 fully saturated rings. The summed E-state index contributed by atoms with van der Waals surface area (Å²) in [6, 6.07) is 34.8. The molecule has 4 rings (SSSR count). The van der Waals surface area contributed by atoms with Crippen LogP contribution in [0.25, 0.3) is 22.3 Å². The smallest absolute Gasteiger partial charge is 0.0384 e. The van der Waals surface area contributed by atoms with Crippen molar-refractivity contribution >= 4 is 11.4 Å². The van der Waals surface area contributed by atoms with Crippen LogP contribution in [0.3, 0.4) is 0 Å². The quantitative estimate of drug-likeness (QED) is 0.337. The van der Waals surface area contributed by atoms with Crippen molar-refractivity contribution in [3.63, 3.8) is 0 Å². The highest BCUT2D eigenvalue weighted by atomic mass is 14.9. The van der Waals surface area contributed by atoms with Crippen molar-refractivity contribution in [1.82, 2.24) is 0 Å². The Morgan fingerprint density at radius 1 is 0.452 bits per heavy atom. The van der Waals surface area contributed by atoms with Gasteiger partial charge in [-0.3, -0.25) is 0 Å². The Bertz CT molecular complexity index is 1040. The highest BCUT2D eigenvalue weighted by Gasteiger charge is 2.09. The van der Waals surface area contributed by atoms with E-state index in [2.05, 4.69) is 130 Å². The number of anilines is 2. The topological polar surface area (TPSA) is 12.0 Å². The van der Waals surface area contributed by atoms with Crippen molar-refractivity contribution in [2.45, 2.75) is 39.5 Å². The minimum Gasteiger partial charge on any atom is -0.356 e. The number of hydrogen-bond donors (Lipinski definition) is 1. The zero-order valence-electron chi connectivity index (χ0n) is 18.9. The van der Waals surface area contributed by atoms with Crippen molar-refractivity contribution in [2.24, 2.45) is 0 Å². The fourth-order valence-electron chi connectivity index (χ4n) is 4.16. The molecule has 0 atom stereocenters. The lowest BCUT2D eigenvalue weighted by Crippen LogP contribution is -1.94. The molecule has 0 amide bonds. The molecule has 0 heterocycles. The average molecular weight is 406 g/mol. The van der Waals surface area contributed by atoms with Gasteiger partial charge in [0.05, 0.1) is 0 Å². The van der Waals surface area contributed by atoms with Gasteiger partial charge in [-0.1, -0.05) is 100 Å². The van der Waals surface area contributed by atoms with Gasteiger partial charge in [0.1, 0.15) is 0 Å². The van der Waals surface area contributed by atoms with Crippen molar-refractivity contribution in [3.05, 3.63) is 108 Å². The first-order valence-corrected chi connectivity index (χ1v) is 11.2. The first kappa shape index (κ1) is 20.9. The summed E-state index contributed by atoms with van der Waals surface area (Å²) < 4.78 is 0. The maximum atomic E-state index is 3.54. The predicted molar refractivity (Wildman–Crippen MR) is 135 cm³/mol. The third-order valence-electron chi connectivity index (χ3n) is 5.85. The monoisotopic (exact) mass is 405 g/mol. The summed E-state index contributed by atoms with van der Waals surface area (Å²) in [6.45, 7) is 8.99. The first-order valence-electron chi connectivity index (χ1n) is 11.2. The third kappa shape index (κ3) is 4.72. The molecule has 0 bridgehead atoms. The molecule has 0 aliphatic rings. The number of rotatable bonds is 6. The Kier molecular flexibility index (Phi) is 6.23. The van der Waals surface area contributed by atoms with Gasteiger partial charge in [-0.2, -0.15) is 0 Å². The molecule has 0 radical (unpaired) electrons. The van der Waals surface area contributed by atoms with E-state index in [1.165, 1.54) is 33.4 Å². The Balaban J connectivity index is 1.52. The standard InChI is InChI=1S/C30H31N/c1-21(2)27-9-5-7-11-29(27)23-13-17-25(18-14-23)31-26-19-15-24(16-20-26)30-12-8-6-10-28(30)22(3)4/h5-22,31H,1-4H3. The molecule has 1 nitrogen and oxygen atoms in total. The lowest BCUT2D eigenvalue weighted by molar-refractivity contribution is 0.869. The zero-order valence-corrected chi connectivity index (χ0v) is 18.9. The molecule has 4 aromatic rings. The van der Waals surface area contributed by atoms with Gasteiger partial charge in [-0.05, 0) is 69.5 Å². The van der Waals surface area contributed by atoms with Crippen LogP contribution in [0.15, 0.2) is 97.1 Å². The third-order valence-corrected chi connectivity index (χ3v) is 5.85. The predicted octanol–water partition coefficient (Wildman–Crippen LogP) is 9.01. The molecule has 156 valence electrons. The molecule has 0 unspecified atom stereocenters. The Morgan fingerprint density at radius 3 is 1.16 bits per heavy atom. The van der Waals surface area contributed by atoms with E-state index in [-0.39, 0.29) is 0 Å². The second-order valence-electron chi connectivity index (χ2n) is 8.76. The number of nitrogens with one attached hydrogen (secondary N) is 1. The maximum absolute atomic E-state index is 3.54. The summed E-state index contributed by atoms with van der Waals surface area (Å²) >= 11 is 0. The Labute approximate surface area is 186 Å². The fourth-order valence-corrected chi connectivity index (χ4v) is 4.16. The second-order valence-corrected chi connectivity index (χ2v) is 8.76. The number of hydrogen-bond acceptors (Lipinski definition) is 1. The lowest BCUT2D eigenvalue weighted by atomic mass is 9.92. The fraction of sp³-hybridized carbons (Fsp3) is 0.200. The van der Waals surface area contributed by atoms with Gasteiger partial charge in [0, 0.05) is 11.4 Å². The normalized spacial score (nSPS) is 11.2. The van der Waals surface area contributed by atoms with E-state index in [1.807, 2.05) is 0 Å². The second kappa shape index (κ2) is 9.22. The van der Waals surface area contributed by atoms with Gasteiger partial charge in [-0.15, -0.1) is 0 Å². The van der Waals surface area contributed by atoms with Crippen LogP contribution >= 0.6 is 0 Å². The molecule has 1 heteroatoms. The maximum Gasteiger partial charge on any atom is 0.0384 e. The molecule has 4 aromatic carbocycles. The van der Waals surface area contributed by atoms with Crippen LogP contribution in [0.2, 0.25) is 0 Å². The molecule has 0 saturated heterocycles. The summed E-state index contributed by atoms with van der Waals surface area (Å²) in [4.78, 5) is 0. The van der Waals surface area contributed by atoms with Crippen LogP contribution in [-0.4, -0.2) is 0 Å². The summed E-state index contributed by atoms with van der Waals surface area (Å²) in [6.07, 6.45) is 0. The van der Waals surface area contributed by atoms with Gasteiger partial charge in [0.2, 0.25) is 0 Å². The largest absolute Gasteiger partial charge is 0.356 e. The molecule has 0 saturated carbocycles. The molecule has 0 aromatic heterocycles. The molecular formula is C30H31N. The van der Waals surface area contributed by atoms with Gasteiger partial charge in [0.15, 0.2) is 0 Å². The van der Waals surface area contributed by atoms with E-state index in [1.54, 1.807) is 0 Å². The van der Waals surface area contributed by atoms with E-state index in [0.717, 1.165) is 11.4 Å². The first-order chi connectivity index (χ1) is 15.0. The Morgan fingerprint density at radius 2 is 0.806 bits per heavy atom. The summed E-state index contributed by atoms with van der Waals surface area (Å²) in [7, 11) is 0. The molecule has 0 aliphatic heterocycles. The lowest BCUT2D eigenvalue weighted by Gasteiger charge is -2.14. The van der Waals surface area contributed by atoms with E-state index < -0.39 is 0 Å². The number of benzene rings is 4. The highest BCUT2D eigenvalue weighted by Crippen LogP contribution is 2.32. The van der Waals surface area contributed by atoms with Crippen LogP contribution in [0, 0.1) is 0 Å². The van der Waals surface area contributed by atoms with Crippen LogP contribution in [0.1, 0.15) is 50.7 Å². The molecular weight excluding hydrogens is 374 g/mol. The van der Waals surface area contributed by atoms with E-state index in [4.69, 9.17) is 0 Å². The van der Waals surface area contributed by atoms with Crippen LogP contribution < -0.4 is 5.32 Å². The van der Waals surface area contributed by atoms with Crippen molar-refractivity contribution in [2.75, 3.05) is 5.32 Å². The van der Waals surface area contributed by atoms with Gasteiger partial charge in [-0.25, -0.2) is 0 Å². The molecule has 0 spiro atoms. The van der Waals surface area contributed by atoms with E-state index in [9.17, 15) is 0 Å².